The van der Waals surface area contributed by atoms with Crippen molar-refractivity contribution in [3.05, 3.63) is 0 Å². The summed E-state index contributed by atoms with van der Waals surface area (Å²) in [6, 6.07) is 0. The zero-order chi connectivity index (χ0) is 8.91. The summed E-state index contributed by atoms with van der Waals surface area (Å²) in [7, 11) is 1.86. The molecule has 64 valence electrons. The van der Waals surface area contributed by atoms with Crippen LogP contribution < -0.4 is 5.32 Å². The van der Waals surface area contributed by atoms with Crippen LogP contribution in [0.3, 0.4) is 0 Å². The highest BCUT2D eigenvalue weighted by Gasteiger charge is 2.17. The fraction of sp³-hybridized carbons (Fsp3) is 0.750. The first kappa shape index (κ1) is 10.1. The van der Waals surface area contributed by atoms with E-state index >= 15 is 0 Å². The van der Waals surface area contributed by atoms with Crippen molar-refractivity contribution in [1.82, 2.24) is 5.32 Å². The van der Waals surface area contributed by atoms with Crippen molar-refractivity contribution < 1.29 is 0 Å². The van der Waals surface area contributed by atoms with Crippen molar-refractivity contribution in [2.45, 2.75) is 27.7 Å². The molecule has 0 aliphatic rings. The second-order valence-corrected chi connectivity index (χ2v) is 3.32. The van der Waals surface area contributed by atoms with E-state index in [0.29, 0.717) is 0 Å². The van der Waals surface area contributed by atoms with Gasteiger partial charge in [0.1, 0.15) is 5.84 Å². The van der Waals surface area contributed by atoms with Gasteiger partial charge < -0.3 is 5.32 Å². The van der Waals surface area contributed by atoms with Crippen LogP contribution in [0.5, 0.6) is 0 Å². The van der Waals surface area contributed by atoms with E-state index in [2.05, 4.69) is 36.3 Å². The molecule has 0 aromatic carbocycles. The first-order chi connectivity index (χ1) is 5.02. The van der Waals surface area contributed by atoms with Gasteiger partial charge in [-0.2, -0.15) is 5.10 Å². The zero-order valence-electron chi connectivity index (χ0n) is 7.97. The van der Waals surface area contributed by atoms with Crippen LogP contribution in [0.15, 0.2) is 10.2 Å². The second kappa shape index (κ2) is 4.11. The summed E-state index contributed by atoms with van der Waals surface area (Å²) < 4.78 is 0. The summed E-state index contributed by atoms with van der Waals surface area (Å²) in [6.45, 7) is 8.12. The Labute approximate surface area is 68.6 Å². The maximum atomic E-state index is 4.01. The molecule has 0 heterocycles. The monoisotopic (exact) mass is 155 g/mol. The van der Waals surface area contributed by atoms with E-state index in [0.717, 1.165) is 5.84 Å². The minimum absolute atomic E-state index is 0.0429. The molecule has 0 aromatic rings. The van der Waals surface area contributed by atoms with E-state index < -0.39 is 0 Å². The summed E-state index contributed by atoms with van der Waals surface area (Å²) in [4.78, 5) is 0. The van der Waals surface area contributed by atoms with Gasteiger partial charge in [0.05, 0.1) is 0 Å². The molecule has 0 unspecified atom stereocenters. The number of hydrogen-bond donors (Lipinski definition) is 1. The lowest BCUT2D eigenvalue weighted by Gasteiger charge is -2.19. The summed E-state index contributed by atoms with van der Waals surface area (Å²) in [5.41, 5.74) is 0.0429. The van der Waals surface area contributed by atoms with Gasteiger partial charge in [0.2, 0.25) is 0 Å². The minimum atomic E-state index is 0.0429. The lowest BCUT2D eigenvalue weighted by molar-refractivity contribution is 0.569. The van der Waals surface area contributed by atoms with Gasteiger partial charge in [-0.3, -0.25) is 0 Å². The first-order valence-corrected chi connectivity index (χ1v) is 3.76. The third-order valence-electron chi connectivity index (χ3n) is 1.22. The smallest absolute Gasteiger partial charge is 0.130 e. The molecular weight excluding hydrogens is 138 g/mol. The molecular formula is C8H17N3. The molecule has 0 saturated heterocycles. The number of nitrogens with one attached hydrogen (secondary N) is 1. The SMILES string of the molecule is C/C=N\N=C(/NC)C(C)(C)C. The van der Waals surface area contributed by atoms with Gasteiger partial charge in [-0.05, 0) is 6.92 Å². The Balaban J connectivity index is 4.40. The molecule has 0 amide bonds. The Hall–Kier alpha value is -0.860. The van der Waals surface area contributed by atoms with Crippen LogP contribution in [0, 0.1) is 5.41 Å². The Kier molecular flexibility index (Phi) is 3.79. The molecule has 3 heteroatoms. The predicted molar refractivity (Wildman–Crippen MR) is 50.1 cm³/mol. The molecule has 0 fully saturated rings. The Morgan fingerprint density at radius 3 is 2.18 bits per heavy atom. The summed E-state index contributed by atoms with van der Waals surface area (Å²) in [6.07, 6.45) is 1.67. The average Bonchev–Trinajstić information content (AvgIpc) is 1.87. The van der Waals surface area contributed by atoms with Crippen molar-refractivity contribution in [2.24, 2.45) is 15.6 Å². The van der Waals surface area contributed by atoms with Gasteiger partial charge in [-0.1, -0.05) is 20.8 Å². The van der Waals surface area contributed by atoms with Crippen LogP contribution in [0.4, 0.5) is 0 Å². The molecule has 0 aromatic heterocycles. The lowest BCUT2D eigenvalue weighted by atomic mass is 9.95. The maximum Gasteiger partial charge on any atom is 0.130 e. The zero-order valence-corrected chi connectivity index (χ0v) is 7.97. The normalized spacial score (nSPS) is 14.1. The van der Waals surface area contributed by atoms with Gasteiger partial charge >= 0.3 is 0 Å². The minimum Gasteiger partial charge on any atom is -0.375 e. The second-order valence-electron chi connectivity index (χ2n) is 3.32. The van der Waals surface area contributed by atoms with Gasteiger partial charge in [0.25, 0.3) is 0 Å². The maximum absolute atomic E-state index is 4.01. The molecule has 11 heavy (non-hydrogen) atoms. The van der Waals surface area contributed by atoms with Crippen LogP contribution in [0.25, 0.3) is 0 Å². The van der Waals surface area contributed by atoms with Crippen molar-refractivity contribution >= 4 is 12.1 Å². The fourth-order valence-corrected chi connectivity index (χ4v) is 0.690. The van der Waals surface area contributed by atoms with Gasteiger partial charge in [0.15, 0.2) is 0 Å². The number of rotatable bonds is 1. The molecule has 3 nitrogen and oxygen atoms in total. The molecule has 0 saturated carbocycles. The summed E-state index contributed by atoms with van der Waals surface area (Å²) in [5.74, 6) is 0.899. The summed E-state index contributed by atoms with van der Waals surface area (Å²) in [5, 5.41) is 10.8. The van der Waals surface area contributed by atoms with E-state index in [1.165, 1.54) is 0 Å². The van der Waals surface area contributed by atoms with Crippen LogP contribution in [0.1, 0.15) is 27.7 Å². The van der Waals surface area contributed by atoms with Crippen molar-refractivity contribution in [1.29, 1.82) is 0 Å². The van der Waals surface area contributed by atoms with Gasteiger partial charge in [-0.25, -0.2) is 0 Å². The van der Waals surface area contributed by atoms with E-state index in [1.54, 1.807) is 6.21 Å². The quantitative estimate of drug-likeness (QED) is 0.349. The van der Waals surface area contributed by atoms with Crippen molar-refractivity contribution in [3.8, 4) is 0 Å². The van der Waals surface area contributed by atoms with E-state index in [9.17, 15) is 0 Å². The highest BCUT2D eigenvalue weighted by molar-refractivity contribution is 5.86. The number of hydrogen-bond acceptors (Lipinski definition) is 2. The highest BCUT2D eigenvalue weighted by Crippen LogP contribution is 2.13. The van der Waals surface area contributed by atoms with Crippen LogP contribution in [-0.4, -0.2) is 19.1 Å². The van der Waals surface area contributed by atoms with Crippen LogP contribution in [0.2, 0.25) is 0 Å². The van der Waals surface area contributed by atoms with Gasteiger partial charge in [-0.15, -0.1) is 5.10 Å². The summed E-state index contributed by atoms with van der Waals surface area (Å²) >= 11 is 0. The highest BCUT2D eigenvalue weighted by atomic mass is 15.2. The molecule has 1 N–H and O–H groups in total. The fourth-order valence-electron chi connectivity index (χ4n) is 0.690. The largest absolute Gasteiger partial charge is 0.375 e. The van der Waals surface area contributed by atoms with E-state index in [4.69, 9.17) is 0 Å². The average molecular weight is 155 g/mol. The van der Waals surface area contributed by atoms with E-state index in [1.807, 2.05) is 14.0 Å². The molecule has 0 bridgehead atoms. The van der Waals surface area contributed by atoms with E-state index in [-0.39, 0.29) is 5.41 Å². The number of nitrogens with zero attached hydrogens (tertiary/aromatic N) is 2. The predicted octanol–water partition coefficient (Wildman–Crippen LogP) is 1.66. The third-order valence-corrected chi connectivity index (χ3v) is 1.22. The third kappa shape index (κ3) is 3.75. The molecule has 0 aliphatic heterocycles. The van der Waals surface area contributed by atoms with Crippen molar-refractivity contribution in [2.75, 3.05) is 7.05 Å². The van der Waals surface area contributed by atoms with Gasteiger partial charge in [0, 0.05) is 18.7 Å². The number of amidine groups is 1. The molecule has 0 radical (unpaired) electrons. The Bertz CT molecular complexity index is 163. The lowest BCUT2D eigenvalue weighted by Crippen LogP contribution is -2.32. The molecule has 0 atom stereocenters. The topological polar surface area (TPSA) is 36.8 Å². The van der Waals surface area contributed by atoms with Crippen molar-refractivity contribution in [3.63, 3.8) is 0 Å². The Morgan fingerprint density at radius 2 is 1.91 bits per heavy atom. The first-order valence-electron chi connectivity index (χ1n) is 3.76. The van der Waals surface area contributed by atoms with Crippen LogP contribution in [-0.2, 0) is 0 Å². The van der Waals surface area contributed by atoms with Crippen LogP contribution >= 0.6 is 0 Å². The Morgan fingerprint density at radius 1 is 1.36 bits per heavy atom. The standard InChI is InChI=1S/C8H17N3/c1-6-10-11-7(9-5)8(2,3)4/h6H,1-5H3,(H,9,11)/b10-6-. The molecule has 0 rings (SSSR count). The molecule has 0 aliphatic carbocycles. The molecule has 0 spiro atoms.